The fourth-order valence-electron chi connectivity index (χ4n) is 1.28. The van der Waals surface area contributed by atoms with Gasteiger partial charge in [-0.25, -0.2) is 4.98 Å². The van der Waals surface area contributed by atoms with Gasteiger partial charge in [-0.3, -0.25) is 0 Å². The molecular formula is C12H10Cl2N2O. The average Bonchev–Trinajstić information content (AvgIpc) is 2.34. The van der Waals surface area contributed by atoms with Gasteiger partial charge >= 0.3 is 0 Å². The lowest BCUT2D eigenvalue weighted by Crippen LogP contribution is -1.95. The molecule has 88 valence electrons. The van der Waals surface area contributed by atoms with Crippen molar-refractivity contribution < 1.29 is 4.74 Å². The monoisotopic (exact) mass is 268 g/mol. The first-order valence-electron chi connectivity index (χ1n) is 4.97. The third-order valence-corrected chi connectivity index (χ3v) is 2.63. The maximum absolute atomic E-state index is 5.95. The Hall–Kier alpha value is -1.29. The van der Waals surface area contributed by atoms with Crippen molar-refractivity contribution in [1.82, 2.24) is 4.98 Å². The van der Waals surface area contributed by atoms with Crippen molar-refractivity contribution in [3.8, 4) is 11.6 Å². The molecule has 0 amide bonds. The number of nitrogens with zero attached hydrogens (tertiary/aromatic N) is 1. The Morgan fingerprint density at radius 3 is 2.47 bits per heavy atom. The van der Waals surface area contributed by atoms with E-state index < -0.39 is 0 Å². The van der Waals surface area contributed by atoms with Crippen LogP contribution in [0.4, 0.5) is 0 Å². The van der Waals surface area contributed by atoms with E-state index in [1.807, 2.05) is 24.3 Å². The summed E-state index contributed by atoms with van der Waals surface area (Å²) in [5.41, 5.74) is 6.54. The van der Waals surface area contributed by atoms with Crippen LogP contribution in [0.15, 0.2) is 36.5 Å². The number of nitrogens with two attached hydrogens (primary N) is 1. The van der Waals surface area contributed by atoms with Gasteiger partial charge in [0.15, 0.2) is 0 Å². The van der Waals surface area contributed by atoms with Crippen molar-refractivity contribution in [3.05, 3.63) is 52.1 Å². The van der Waals surface area contributed by atoms with Crippen LogP contribution in [0.1, 0.15) is 5.56 Å². The maximum Gasteiger partial charge on any atom is 0.238 e. The lowest BCUT2D eigenvalue weighted by molar-refractivity contribution is 0.463. The first-order valence-corrected chi connectivity index (χ1v) is 5.72. The van der Waals surface area contributed by atoms with E-state index in [1.165, 1.54) is 6.20 Å². The molecule has 1 heterocycles. The molecule has 2 N–H and O–H groups in total. The Morgan fingerprint density at radius 2 is 1.88 bits per heavy atom. The van der Waals surface area contributed by atoms with Crippen LogP contribution in [-0.2, 0) is 6.54 Å². The Balaban J connectivity index is 2.19. The summed E-state index contributed by atoms with van der Waals surface area (Å²) >= 11 is 11.7. The summed E-state index contributed by atoms with van der Waals surface area (Å²) < 4.78 is 5.52. The second-order valence-corrected chi connectivity index (χ2v) is 4.23. The number of rotatable bonds is 3. The van der Waals surface area contributed by atoms with E-state index >= 15 is 0 Å². The molecule has 0 saturated carbocycles. The standard InChI is InChI=1S/C12H10Cl2N2O/c13-9-5-11(14)12(16-7-9)17-10-3-1-8(6-15)2-4-10/h1-5,7H,6,15H2. The maximum atomic E-state index is 5.95. The van der Waals surface area contributed by atoms with E-state index in [9.17, 15) is 0 Å². The summed E-state index contributed by atoms with van der Waals surface area (Å²) in [7, 11) is 0. The third kappa shape index (κ3) is 3.09. The SMILES string of the molecule is NCc1ccc(Oc2ncc(Cl)cc2Cl)cc1. The van der Waals surface area contributed by atoms with Crippen molar-refractivity contribution in [2.24, 2.45) is 5.73 Å². The summed E-state index contributed by atoms with van der Waals surface area (Å²) in [5.74, 6) is 0.982. The lowest BCUT2D eigenvalue weighted by Gasteiger charge is -2.06. The Labute approximate surface area is 109 Å². The van der Waals surface area contributed by atoms with Gasteiger partial charge in [-0.1, -0.05) is 35.3 Å². The summed E-state index contributed by atoms with van der Waals surface area (Å²) in [6.07, 6.45) is 1.48. The normalized spacial score (nSPS) is 10.3. The number of hydrogen-bond acceptors (Lipinski definition) is 3. The highest BCUT2D eigenvalue weighted by Crippen LogP contribution is 2.28. The Bertz CT molecular complexity index is 514. The molecule has 0 atom stereocenters. The fraction of sp³-hybridized carbons (Fsp3) is 0.0833. The van der Waals surface area contributed by atoms with Gasteiger partial charge in [0.25, 0.3) is 0 Å². The topological polar surface area (TPSA) is 48.1 Å². The number of pyridine rings is 1. The number of benzene rings is 1. The van der Waals surface area contributed by atoms with Gasteiger partial charge in [0.1, 0.15) is 10.8 Å². The van der Waals surface area contributed by atoms with Crippen LogP contribution in [0.25, 0.3) is 0 Å². The fourth-order valence-corrected chi connectivity index (χ4v) is 1.70. The highest BCUT2D eigenvalue weighted by molar-refractivity contribution is 6.35. The smallest absolute Gasteiger partial charge is 0.238 e. The molecule has 0 aliphatic carbocycles. The zero-order valence-electron chi connectivity index (χ0n) is 8.86. The molecule has 0 spiro atoms. The minimum atomic E-state index is 0.330. The van der Waals surface area contributed by atoms with Gasteiger partial charge < -0.3 is 10.5 Å². The summed E-state index contributed by atoms with van der Waals surface area (Å²) in [5, 5.41) is 0.848. The highest BCUT2D eigenvalue weighted by Gasteiger charge is 2.05. The minimum absolute atomic E-state index is 0.330. The molecule has 17 heavy (non-hydrogen) atoms. The molecule has 0 radical (unpaired) electrons. The molecule has 2 rings (SSSR count). The van der Waals surface area contributed by atoms with Crippen molar-refractivity contribution in [2.45, 2.75) is 6.54 Å². The number of hydrogen-bond donors (Lipinski definition) is 1. The van der Waals surface area contributed by atoms with Crippen LogP contribution in [-0.4, -0.2) is 4.98 Å². The first kappa shape index (κ1) is 12.2. The average molecular weight is 269 g/mol. The molecule has 1 aromatic heterocycles. The van der Waals surface area contributed by atoms with Gasteiger partial charge in [-0.05, 0) is 23.8 Å². The summed E-state index contributed by atoms with van der Waals surface area (Å²) in [4.78, 5) is 4.00. The number of aromatic nitrogens is 1. The molecule has 0 unspecified atom stereocenters. The molecule has 2 aromatic rings. The quantitative estimate of drug-likeness (QED) is 0.925. The molecular weight excluding hydrogens is 259 g/mol. The van der Waals surface area contributed by atoms with Gasteiger partial charge in [0.05, 0.1) is 5.02 Å². The lowest BCUT2D eigenvalue weighted by atomic mass is 10.2. The molecule has 0 saturated heterocycles. The number of ether oxygens (including phenoxy) is 1. The molecule has 0 aliphatic rings. The zero-order valence-corrected chi connectivity index (χ0v) is 10.4. The van der Waals surface area contributed by atoms with E-state index in [-0.39, 0.29) is 0 Å². The molecule has 1 aromatic carbocycles. The third-order valence-electron chi connectivity index (χ3n) is 2.15. The van der Waals surface area contributed by atoms with Crippen molar-refractivity contribution in [2.75, 3.05) is 0 Å². The van der Waals surface area contributed by atoms with Crippen molar-refractivity contribution >= 4 is 23.2 Å². The highest BCUT2D eigenvalue weighted by atomic mass is 35.5. The second kappa shape index (κ2) is 5.36. The number of halogens is 2. The van der Waals surface area contributed by atoms with Crippen molar-refractivity contribution in [3.63, 3.8) is 0 Å². The van der Waals surface area contributed by atoms with Crippen LogP contribution in [0.5, 0.6) is 11.6 Å². The minimum Gasteiger partial charge on any atom is -0.438 e. The molecule has 0 aliphatic heterocycles. The first-order chi connectivity index (χ1) is 8.19. The van der Waals surface area contributed by atoms with Gasteiger partial charge in [-0.2, -0.15) is 0 Å². The molecule has 3 nitrogen and oxygen atoms in total. The predicted molar refractivity (Wildman–Crippen MR) is 68.7 cm³/mol. The van der Waals surface area contributed by atoms with Gasteiger partial charge in [0.2, 0.25) is 5.88 Å². The second-order valence-electron chi connectivity index (χ2n) is 3.39. The zero-order chi connectivity index (χ0) is 12.3. The van der Waals surface area contributed by atoms with Crippen LogP contribution in [0.2, 0.25) is 10.0 Å². The van der Waals surface area contributed by atoms with Crippen molar-refractivity contribution in [1.29, 1.82) is 0 Å². The predicted octanol–water partition coefficient (Wildman–Crippen LogP) is 3.64. The van der Waals surface area contributed by atoms with E-state index in [0.717, 1.165) is 5.56 Å². The van der Waals surface area contributed by atoms with Crippen LogP contribution >= 0.6 is 23.2 Å². The molecule has 0 fully saturated rings. The summed E-state index contributed by atoms with van der Waals surface area (Å²) in [6, 6.07) is 8.99. The van der Waals surface area contributed by atoms with E-state index in [4.69, 9.17) is 33.7 Å². The Kier molecular flexibility index (Phi) is 3.84. The van der Waals surface area contributed by atoms with Crippen LogP contribution in [0, 0.1) is 0 Å². The van der Waals surface area contributed by atoms with E-state index in [2.05, 4.69) is 4.98 Å². The largest absolute Gasteiger partial charge is 0.438 e. The van der Waals surface area contributed by atoms with Gasteiger partial charge in [0, 0.05) is 12.7 Å². The Morgan fingerprint density at radius 1 is 1.18 bits per heavy atom. The summed E-state index contributed by atoms with van der Waals surface area (Å²) in [6.45, 7) is 0.500. The van der Waals surface area contributed by atoms with E-state index in [0.29, 0.717) is 28.2 Å². The van der Waals surface area contributed by atoms with Crippen LogP contribution < -0.4 is 10.5 Å². The molecule has 0 bridgehead atoms. The van der Waals surface area contributed by atoms with E-state index in [1.54, 1.807) is 6.07 Å². The molecule has 5 heteroatoms. The van der Waals surface area contributed by atoms with Gasteiger partial charge in [-0.15, -0.1) is 0 Å². The van der Waals surface area contributed by atoms with Crippen LogP contribution in [0.3, 0.4) is 0 Å².